The quantitative estimate of drug-likeness (QED) is 0.164. The number of hydrogen-bond acceptors (Lipinski definition) is 8. The first kappa shape index (κ1) is 29.4. The van der Waals surface area contributed by atoms with Gasteiger partial charge < -0.3 is 14.8 Å². The lowest BCUT2D eigenvalue weighted by molar-refractivity contribution is -0.113. The fourth-order valence-corrected chi connectivity index (χ4v) is 5.57. The number of esters is 1. The van der Waals surface area contributed by atoms with Crippen molar-refractivity contribution in [2.45, 2.75) is 71.7 Å². The van der Waals surface area contributed by atoms with Crippen molar-refractivity contribution in [3.05, 3.63) is 64.3 Å². The van der Waals surface area contributed by atoms with Crippen molar-refractivity contribution in [3.63, 3.8) is 0 Å². The second kappa shape index (κ2) is 12.6. The Morgan fingerprint density at radius 1 is 1.21 bits per heavy atom. The van der Waals surface area contributed by atoms with Gasteiger partial charge in [0.05, 0.1) is 17.9 Å². The van der Waals surface area contributed by atoms with Crippen LogP contribution in [0.4, 0.5) is 5.00 Å². The van der Waals surface area contributed by atoms with Crippen molar-refractivity contribution in [1.29, 1.82) is 0 Å². The molecule has 0 fully saturated rings. The van der Waals surface area contributed by atoms with Crippen molar-refractivity contribution in [2.75, 3.05) is 17.7 Å². The van der Waals surface area contributed by atoms with Crippen molar-refractivity contribution in [2.24, 2.45) is 0 Å². The number of nitrogens with one attached hydrogen (secondary N) is 1. The SMILES string of the molecule is C=CCn1c(SCC(=O)Nc2sc(C)c(C)c2C(=O)OCC)nnc1C(C)Oc1ccc(C(C)(C)C)cc1. The Morgan fingerprint density at radius 3 is 2.50 bits per heavy atom. The van der Waals surface area contributed by atoms with Crippen molar-refractivity contribution < 1.29 is 19.1 Å². The summed E-state index contributed by atoms with van der Waals surface area (Å²) in [5.41, 5.74) is 2.51. The molecule has 10 heteroatoms. The number of aromatic nitrogens is 3. The third kappa shape index (κ3) is 7.05. The third-order valence-electron chi connectivity index (χ3n) is 5.90. The zero-order chi connectivity index (χ0) is 28.0. The van der Waals surface area contributed by atoms with Gasteiger partial charge in [-0.15, -0.1) is 28.1 Å². The molecule has 1 atom stereocenters. The fourth-order valence-electron chi connectivity index (χ4n) is 3.76. The Hall–Kier alpha value is -3.11. The van der Waals surface area contributed by atoms with Gasteiger partial charge in [0.25, 0.3) is 0 Å². The van der Waals surface area contributed by atoms with E-state index in [2.05, 4.69) is 55.0 Å². The van der Waals surface area contributed by atoms with Gasteiger partial charge in [0, 0.05) is 11.4 Å². The third-order valence-corrected chi connectivity index (χ3v) is 7.99. The Morgan fingerprint density at radius 2 is 1.89 bits per heavy atom. The maximum absolute atomic E-state index is 12.8. The molecular formula is C28H36N4O4S2. The Balaban J connectivity index is 1.70. The molecule has 1 unspecified atom stereocenters. The van der Waals surface area contributed by atoms with Gasteiger partial charge >= 0.3 is 5.97 Å². The summed E-state index contributed by atoms with van der Waals surface area (Å²) >= 11 is 2.62. The maximum atomic E-state index is 12.8. The van der Waals surface area contributed by atoms with E-state index in [0.717, 1.165) is 16.2 Å². The molecule has 38 heavy (non-hydrogen) atoms. The number of thiophene rings is 1. The van der Waals surface area contributed by atoms with Crippen LogP contribution in [0.15, 0.2) is 42.1 Å². The highest BCUT2D eigenvalue weighted by Crippen LogP contribution is 2.33. The molecule has 1 amide bonds. The molecule has 0 radical (unpaired) electrons. The van der Waals surface area contributed by atoms with Crippen LogP contribution in [0.2, 0.25) is 0 Å². The molecule has 2 aromatic heterocycles. The number of rotatable bonds is 11. The summed E-state index contributed by atoms with van der Waals surface area (Å²) in [6, 6.07) is 8.06. The van der Waals surface area contributed by atoms with E-state index in [-0.39, 0.29) is 29.8 Å². The lowest BCUT2D eigenvalue weighted by atomic mass is 9.87. The number of carbonyl (C=O) groups excluding carboxylic acids is 2. The summed E-state index contributed by atoms with van der Waals surface area (Å²) in [4.78, 5) is 26.2. The highest BCUT2D eigenvalue weighted by molar-refractivity contribution is 7.99. The number of nitrogens with zero attached hydrogens (tertiary/aromatic N) is 3. The van der Waals surface area contributed by atoms with Crippen molar-refractivity contribution in [3.8, 4) is 5.75 Å². The minimum absolute atomic E-state index is 0.0637. The Bertz CT molecular complexity index is 1290. The first-order valence-corrected chi connectivity index (χ1v) is 14.3. The van der Waals surface area contributed by atoms with Gasteiger partial charge in [-0.05, 0) is 56.4 Å². The van der Waals surface area contributed by atoms with Gasteiger partial charge in [0.15, 0.2) is 17.1 Å². The van der Waals surface area contributed by atoms with Crippen LogP contribution >= 0.6 is 23.1 Å². The lowest BCUT2D eigenvalue weighted by Gasteiger charge is -2.20. The molecule has 0 saturated heterocycles. The van der Waals surface area contributed by atoms with Gasteiger partial charge in [-0.25, -0.2) is 4.79 Å². The molecule has 8 nitrogen and oxygen atoms in total. The van der Waals surface area contributed by atoms with E-state index < -0.39 is 5.97 Å². The average Bonchev–Trinajstić information content (AvgIpc) is 3.37. The van der Waals surface area contributed by atoms with E-state index in [1.165, 1.54) is 28.7 Å². The van der Waals surface area contributed by atoms with Gasteiger partial charge in [-0.1, -0.05) is 50.7 Å². The number of ether oxygens (including phenoxy) is 2. The zero-order valence-electron chi connectivity index (χ0n) is 23.1. The van der Waals surface area contributed by atoms with Crippen LogP contribution in [-0.4, -0.2) is 39.0 Å². The first-order chi connectivity index (χ1) is 18.0. The number of hydrogen-bond donors (Lipinski definition) is 1. The number of thioether (sulfide) groups is 1. The van der Waals surface area contributed by atoms with Gasteiger partial charge in [-0.3, -0.25) is 9.36 Å². The summed E-state index contributed by atoms with van der Waals surface area (Å²) in [7, 11) is 0. The first-order valence-electron chi connectivity index (χ1n) is 12.5. The minimum Gasteiger partial charge on any atom is -0.483 e. The van der Waals surface area contributed by atoms with E-state index in [9.17, 15) is 9.59 Å². The molecule has 204 valence electrons. The predicted octanol–water partition coefficient (Wildman–Crippen LogP) is 6.49. The normalized spacial score (nSPS) is 12.2. The zero-order valence-corrected chi connectivity index (χ0v) is 24.7. The van der Waals surface area contributed by atoms with Crippen LogP contribution in [-0.2, 0) is 21.5 Å². The number of benzene rings is 1. The van der Waals surface area contributed by atoms with Crippen molar-refractivity contribution >= 4 is 40.0 Å². The standard InChI is InChI=1S/C28H36N4O4S2/c1-9-15-32-24(18(4)36-21-13-11-20(12-14-21)28(6,7)8)30-31-27(32)37-16-22(33)29-25-23(26(34)35-10-2)17(3)19(5)38-25/h9,11-14,18H,1,10,15-16H2,2-8H3,(H,29,33). The number of allylic oxidation sites excluding steroid dienone is 1. The van der Waals surface area contributed by atoms with E-state index in [1.807, 2.05) is 37.5 Å². The molecule has 0 aliphatic carbocycles. The smallest absolute Gasteiger partial charge is 0.341 e. The topological polar surface area (TPSA) is 95.3 Å². The largest absolute Gasteiger partial charge is 0.483 e. The van der Waals surface area contributed by atoms with Gasteiger partial charge in [0.2, 0.25) is 5.91 Å². The van der Waals surface area contributed by atoms with Gasteiger partial charge in [-0.2, -0.15) is 0 Å². The minimum atomic E-state index is -0.435. The predicted molar refractivity (Wildman–Crippen MR) is 154 cm³/mol. The van der Waals surface area contributed by atoms with Crippen LogP contribution < -0.4 is 10.1 Å². The van der Waals surface area contributed by atoms with Crippen LogP contribution in [0.25, 0.3) is 0 Å². The molecule has 2 heterocycles. The highest BCUT2D eigenvalue weighted by atomic mass is 32.2. The average molecular weight is 557 g/mol. The highest BCUT2D eigenvalue weighted by Gasteiger charge is 2.24. The van der Waals surface area contributed by atoms with Crippen LogP contribution in [0.5, 0.6) is 5.75 Å². The second-order valence-electron chi connectivity index (χ2n) is 9.82. The molecular weight excluding hydrogens is 520 g/mol. The molecule has 0 aliphatic heterocycles. The Labute approximate surface area is 232 Å². The summed E-state index contributed by atoms with van der Waals surface area (Å²) in [5, 5.41) is 12.6. The van der Waals surface area contributed by atoms with E-state index in [0.29, 0.717) is 28.1 Å². The lowest BCUT2D eigenvalue weighted by Crippen LogP contribution is -2.17. The molecule has 0 spiro atoms. The van der Waals surface area contributed by atoms with Crippen LogP contribution in [0.3, 0.4) is 0 Å². The summed E-state index contributed by atoms with van der Waals surface area (Å²) in [5.74, 6) is 0.791. The van der Waals surface area contributed by atoms with E-state index in [1.54, 1.807) is 13.0 Å². The molecule has 0 aliphatic rings. The molecule has 3 aromatic rings. The molecule has 3 rings (SSSR count). The summed E-state index contributed by atoms with van der Waals surface area (Å²) in [6.07, 6.45) is 1.39. The molecule has 1 aromatic carbocycles. The molecule has 0 bridgehead atoms. The summed E-state index contributed by atoms with van der Waals surface area (Å²) in [6.45, 7) is 18.5. The van der Waals surface area contributed by atoms with Crippen molar-refractivity contribution in [1.82, 2.24) is 14.8 Å². The molecule has 0 saturated carbocycles. The summed E-state index contributed by atoms with van der Waals surface area (Å²) < 4.78 is 13.2. The number of anilines is 1. The number of aryl methyl sites for hydroxylation is 1. The number of carbonyl (C=O) groups is 2. The van der Waals surface area contributed by atoms with Gasteiger partial charge in [0.1, 0.15) is 10.8 Å². The maximum Gasteiger partial charge on any atom is 0.341 e. The van der Waals surface area contributed by atoms with E-state index >= 15 is 0 Å². The Kier molecular flexibility index (Phi) is 9.78. The molecule has 1 N–H and O–H groups in total. The van der Waals surface area contributed by atoms with Crippen LogP contribution in [0.1, 0.15) is 72.9 Å². The second-order valence-corrected chi connectivity index (χ2v) is 12.0. The fraction of sp³-hybridized carbons (Fsp3) is 0.429. The number of amides is 1. The monoisotopic (exact) mass is 556 g/mol. The van der Waals surface area contributed by atoms with E-state index in [4.69, 9.17) is 9.47 Å². The van der Waals surface area contributed by atoms with Crippen LogP contribution in [0, 0.1) is 13.8 Å².